The van der Waals surface area contributed by atoms with E-state index in [1.165, 1.54) is 11.3 Å². The van der Waals surface area contributed by atoms with Gasteiger partial charge in [-0.05, 0) is 36.4 Å². The van der Waals surface area contributed by atoms with Crippen LogP contribution in [0.2, 0.25) is 0 Å². The van der Waals surface area contributed by atoms with Crippen LogP contribution in [0, 0.1) is 0 Å². The number of rotatable bonds is 7. The van der Waals surface area contributed by atoms with Gasteiger partial charge in [0.25, 0.3) is 0 Å². The molecule has 1 heterocycles. The minimum Gasteiger partial charge on any atom is -0.496 e. The highest BCUT2D eigenvalue weighted by atomic mass is 79.9. The number of aromatic nitrogens is 1. The second-order valence-electron chi connectivity index (χ2n) is 5.36. The van der Waals surface area contributed by atoms with Crippen LogP contribution in [0.1, 0.15) is 5.56 Å². The van der Waals surface area contributed by atoms with Crippen molar-refractivity contribution in [2.75, 3.05) is 26.8 Å². The maximum atomic E-state index is 5.35. The summed E-state index contributed by atoms with van der Waals surface area (Å²) in [5.74, 6) is 2.09. The molecule has 6 nitrogen and oxygen atoms in total. The summed E-state index contributed by atoms with van der Waals surface area (Å²) in [4.78, 5) is 4.56. The van der Waals surface area contributed by atoms with E-state index in [1.807, 2.05) is 41.8 Å². The van der Waals surface area contributed by atoms with Crippen molar-refractivity contribution in [1.82, 2.24) is 4.98 Å². The number of nitrogens with one attached hydrogen (secondary N) is 1. The van der Waals surface area contributed by atoms with Crippen LogP contribution in [0.4, 0.5) is 5.13 Å². The fourth-order valence-corrected chi connectivity index (χ4v) is 3.46. The molecule has 0 aliphatic rings. The Bertz CT molecular complexity index is 959. The summed E-state index contributed by atoms with van der Waals surface area (Å²) in [7, 11) is 4.85. The van der Waals surface area contributed by atoms with Gasteiger partial charge in [0.1, 0.15) is 5.75 Å². The lowest BCUT2D eigenvalue weighted by molar-refractivity contribution is 0.355. The molecule has 0 unspecified atom stereocenters. The summed E-state index contributed by atoms with van der Waals surface area (Å²) in [6.07, 6.45) is 1.70. The van der Waals surface area contributed by atoms with Crippen molar-refractivity contribution in [3.63, 3.8) is 0 Å². The Hall–Kier alpha value is -2.58. The van der Waals surface area contributed by atoms with E-state index in [2.05, 4.69) is 31.4 Å². The van der Waals surface area contributed by atoms with Crippen molar-refractivity contribution in [3.05, 3.63) is 51.8 Å². The predicted octanol–water partition coefficient (Wildman–Crippen LogP) is 5.04. The molecule has 0 saturated carbocycles. The van der Waals surface area contributed by atoms with E-state index in [0.717, 1.165) is 27.0 Å². The number of hydrogen-bond donors (Lipinski definition) is 1. The van der Waals surface area contributed by atoms with E-state index < -0.39 is 0 Å². The molecular formula is C19H18BrN3O3S. The minimum absolute atomic E-state index is 0.664. The van der Waals surface area contributed by atoms with E-state index in [-0.39, 0.29) is 0 Å². The van der Waals surface area contributed by atoms with E-state index in [9.17, 15) is 0 Å². The van der Waals surface area contributed by atoms with Crippen LogP contribution in [-0.2, 0) is 0 Å². The van der Waals surface area contributed by atoms with Gasteiger partial charge < -0.3 is 14.2 Å². The highest BCUT2D eigenvalue weighted by Gasteiger charge is 2.09. The van der Waals surface area contributed by atoms with E-state index in [4.69, 9.17) is 14.2 Å². The topological polar surface area (TPSA) is 65.0 Å². The number of anilines is 1. The number of methoxy groups -OCH3 is 3. The van der Waals surface area contributed by atoms with Crippen molar-refractivity contribution in [2.45, 2.75) is 0 Å². The molecule has 0 atom stereocenters. The third-order valence-electron chi connectivity index (χ3n) is 3.74. The van der Waals surface area contributed by atoms with Crippen molar-refractivity contribution in [1.29, 1.82) is 0 Å². The Balaban J connectivity index is 1.74. The van der Waals surface area contributed by atoms with E-state index in [0.29, 0.717) is 16.6 Å². The Morgan fingerprint density at radius 2 is 1.74 bits per heavy atom. The zero-order valence-corrected chi connectivity index (χ0v) is 17.4. The average Bonchev–Trinajstić information content (AvgIpc) is 3.16. The second-order valence-corrected chi connectivity index (χ2v) is 7.14. The standard InChI is InChI=1S/C19H18BrN3O3S/c1-24-16-7-5-14(20)8-13(16)10-21-23-19-22-15(11-27-19)12-4-6-17(25-2)18(9-12)26-3/h4-11H,1-3H3,(H,22,23)/b21-10-. The van der Waals surface area contributed by atoms with Crippen LogP contribution in [0.25, 0.3) is 11.3 Å². The largest absolute Gasteiger partial charge is 0.496 e. The average molecular weight is 448 g/mol. The van der Waals surface area contributed by atoms with Gasteiger partial charge in [-0.25, -0.2) is 4.98 Å². The number of hydrazone groups is 1. The molecule has 0 aliphatic carbocycles. The predicted molar refractivity (Wildman–Crippen MR) is 113 cm³/mol. The first-order valence-electron chi connectivity index (χ1n) is 7.95. The SMILES string of the molecule is COc1ccc(Br)cc1/C=N\Nc1nc(-c2ccc(OC)c(OC)c2)cs1. The molecule has 0 radical (unpaired) electrons. The van der Waals surface area contributed by atoms with Gasteiger partial charge in [0, 0.05) is 21.0 Å². The maximum absolute atomic E-state index is 5.35. The molecule has 8 heteroatoms. The number of ether oxygens (including phenoxy) is 3. The van der Waals surface area contributed by atoms with Crippen molar-refractivity contribution < 1.29 is 14.2 Å². The smallest absolute Gasteiger partial charge is 0.203 e. The minimum atomic E-state index is 0.664. The van der Waals surface area contributed by atoms with Crippen LogP contribution in [0.5, 0.6) is 17.2 Å². The quantitative estimate of drug-likeness (QED) is 0.405. The molecule has 3 aromatic rings. The normalized spacial score (nSPS) is 10.8. The fraction of sp³-hybridized carbons (Fsp3) is 0.158. The second kappa shape index (κ2) is 8.88. The molecule has 0 amide bonds. The van der Waals surface area contributed by atoms with Crippen molar-refractivity contribution in [2.24, 2.45) is 5.10 Å². The highest BCUT2D eigenvalue weighted by Crippen LogP contribution is 2.33. The van der Waals surface area contributed by atoms with Gasteiger partial charge in [0.05, 0.1) is 33.2 Å². The number of nitrogens with zero attached hydrogens (tertiary/aromatic N) is 2. The molecular weight excluding hydrogens is 430 g/mol. The number of hydrogen-bond acceptors (Lipinski definition) is 7. The molecule has 1 aromatic heterocycles. The Labute approximate surface area is 169 Å². The molecule has 2 aromatic carbocycles. The van der Waals surface area contributed by atoms with E-state index in [1.54, 1.807) is 27.5 Å². The number of thiazole rings is 1. The van der Waals surface area contributed by atoms with Gasteiger partial charge in [-0.1, -0.05) is 15.9 Å². The van der Waals surface area contributed by atoms with Crippen LogP contribution < -0.4 is 19.6 Å². The van der Waals surface area contributed by atoms with E-state index >= 15 is 0 Å². The van der Waals surface area contributed by atoms with Crippen LogP contribution in [0.15, 0.2) is 51.4 Å². The Morgan fingerprint density at radius 3 is 2.48 bits per heavy atom. The van der Waals surface area contributed by atoms with Gasteiger partial charge >= 0.3 is 0 Å². The first-order chi connectivity index (χ1) is 13.1. The van der Waals surface area contributed by atoms with Crippen molar-refractivity contribution >= 4 is 38.6 Å². The third kappa shape index (κ3) is 4.58. The number of halogens is 1. The lowest BCUT2D eigenvalue weighted by Gasteiger charge is -2.08. The summed E-state index contributed by atoms with van der Waals surface area (Å²) in [5, 5.41) is 6.90. The van der Waals surface area contributed by atoms with Gasteiger partial charge in [0.15, 0.2) is 11.5 Å². The highest BCUT2D eigenvalue weighted by molar-refractivity contribution is 9.10. The molecule has 1 N–H and O–H groups in total. The fourth-order valence-electron chi connectivity index (χ4n) is 2.42. The lowest BCUT2D eigenvalue weighted by Crippen LogP contribution is -1.94. The Kier molecular flexibility index (Phi) is 6.31. The van der Waals surface area contributed by atoms with Gasteiger partial charge in [0.2, 0.25) is 5.13 Å². The zero-order chi connectivity index (χ0) is 19.2. The third-order valence-corrected chi connectivity index (χ3v) is 4.98. The summed E-state index contributed by atoms with van der Waals surface area (Å²) in [6, 6.07) is 11.4. The summed E-state index contributed by atoms with van der Waals surface area (Å²) in [5.41, 5.74) is 5.58. The Morgan fingerprint density at radius 1 is 1.00 bits per heavy atom. The first kappa shape index (κ1) is 19.2. The van der Waals surface area contributed by atoms with Crippen LogP contribution >= 0.6 is 27.3 Å². The maximum Gasteiger partial charge on any atom is 0.203 e. The van der Waals surface area contributed by atoms with Crippen LogP contribution in [-0.4, -0.2) is 32.5 Å². The first-order valence-corrected chi connectivity index (χ1v) is 9.62. The zero-order valence-electron chi connectivity index (χ0n) is 15.0. The molecule has 3 rings (SSSR count). The summed E-state index contributed by atoms with van der Waals surface area (Å²) >= 11 is 4.91. The molecule has 0 saturated heterocycles. The lowest BCUT2D eigenvalue weighted by atomic mass is 10.1. The van der Waals surface area contributed by atoms with Crippen molar-refractivity contribution in [3.8, 4) is 28.5 Å². The summed E-state index contributed by atoms with van der Waals surface area (Å²) in [6.45, 7) is 0. The summed E-state index contributed by atoms with van der Waals surface area (Å²) < 4.78 is 16.9. The number of benzene rings is 2. The monoisotopic (exact) mass is 447 g/mol. The molecule has 27 heavy (non-hydrogen) atoms. The molecule has 140 valence electrons. The molecule has 0 bridgehead atoms. The van der Waals surface area contributed by atoms with Crippen LogP contribution in [0.3, 0.4) is 0 Å². The van der Waals surface area contributed by atoms with Gasteiger partial charge in [-0.2, -0.15) is 5.10 Å². The molecule has 0 fully saturated rings. The van der Waals surface area contributed by atoms with Gasteiger partial charge in [-0.15, -0.1) is 11.3 Å². The molecule has 0 aliphatic heterocycles. The van der Waals surface area contributed by atoms with Gasteiger partial charge in [-0.3, -0.25) is 5.43 Å². The molecule has 0 spiro atoms.